The Balaban J connectivity index is 3.58. The molecule has 0 aliphatic rings. The van der Waals surface area contributed by atoms with Gasteiger partial charge in [-0.3, -0.25) is 0 Å². The van der Waals surface area contributed by atoms with Crippen molar-refractivity contribution in [2.75, 3.05) is 27.2 Å². The molecule has 0 rings (SSSR count). The summed E-state index contributed by atoms with van der Waals surface area (Å²) in [5, 5.41) is 2.98. The summed E-state index contributed by atoms with van der Waals surface area (Å²) in [5.74, 6) is 0. The molecule has 0 aromatic carbocycles. The average molecular weight is 176 g/mol. The zero-order chi connectivity index (χ0) is 9.56. The molecule has 74 valence electrons. The summed E-state index contributed by atoms with van der Waals surface area (Å²) < 4.78 is 12.8. The van der Waals surface area contributed by atoms with Crippen LogP contribution in [0.15, 0.2) is 0 Å². The van der Waals surface area contributed by atoms with E-state index in [1.165, 1.54) is 0 Å². The smallest absolute Gasteiger partial charge is 0.113 e. The number of rotatable bonds is 6. The Bertz CT molecular complexity index is 107. The van der Waals surface area contributed by atoms with Crippen LogP contribution in [0.25, 0.3) is 0 Å². The maximum atomic E-state index is 12.8. The number of nitrogens with one attached hydrogen (secondary N) is 1. The van der Waals surface area contributed by atoms with Crippen molar-refractivity contribution in [2.24, 2.45) is 0 Å². The highest BCUT2D eigenvalue weighted by atomic mass is 19.1. The molecule has 0 saturated carbocycles. The molecule has 12 heavy (non-hydrogen) atoms. The molecule has 0 aromatic rings. The van der Waals surface area contributed by atoms with Crippen molar-refractivity contribution >= 4 is 0 Å². The van der Waals surface area contributed by atoms with Crippen LogP contribution in [0.1, 0.15) is 20.3 Å². The van der Waals surface area contributed by atoms with Crippen LogP contribution in [0.4, 0.5) is 4.39 Å². The second-order valence-electron chi connectivity index (χ2n) is 3.26. The van der Waals surface area contributed by atoms with E-state index in [0.29, 0.717) is 0 Å². The molecule has 0 saturated heterocycles. The van der Waals surface area contributed by atoms with Gasteiger partial charge in [0.15, 0.2) is 0 Å². The molecular weight excluding hydrogens is 155 g/mol. The van der Waals surface area contributed by atoms with Gasteiger partial charge in [-0.1, -0.05) is 6.92 Å². The average Bonchev–Trinajstić information content (AvgIpc) is 2.04. The lowest BCUT2D eigenvalue weighted by molar-refractivity contribution is 0.240. The van der Waals surface area contributed by atoms with Gasteiger partial charge in [0.05, 0.1) is 0 Å². The van der Waals surface area contributed by atoms with E-state index in [1.54, 1.807) is 6.92 Å². The molecule has 3 heteroatoms. The largest absolute Gasteiger partial charge is 0.314 e. The minimum Gasteiger partial charge on any atom is -0.314 e. The van der Waals surface area contributed by atoms with Crippen molar-refractivity contribution in [3.8, 4) is 0 Å². The van der Waals surface area contributed by atoms with Crippen LogP contribution < -0.4 is 5.32 Å². The molecule has 0 amide bonds. The van der Waals surface area contributed by atoms with Crippen LogP contribution in [-0.2, 0) is 0 Å². The Labute approximate surface area is 75.1 Å². The lowest BCUT2D eigenvalue weighted by atomic mass is 10.1. The van der Waals surface area contributed by atoms with Gasteiger partial charge in [0.2, 0.25) is 0 Å². The minimum atomic E-state index is -0.764. The lowest BCUT2D eigenvalue weighted by Crippen LogP contribution is -2.36. The molecule has 2 nitrogen and oxygen atoms in total. The zero-order valence-corrected chi connectivity index (χ0v) is 8.60. The summed E-state index contributed by atoms with van der Waals surface area (Å²) in [5.41, 5.74) is 0. The Kier molecular flexibility index (Phi) is 6.30. The van der Waals surface area contributed by atoms with Crippen molar-refractivity contribution in [2.45, 2.75) is 32.5 Å². The predicted octanol–water partition coefficient (Wildman–Crippen LogP) is 1.27. The van der Waals surface area contributed by atoms with E-state index in [-0.39, 0.29) is 6.04 Å². The molecule has 2 unspecified atom stereocenters. The van der Waals surface area contributed by atoms with Crippen LogP contribution >= 0.6 is 0 Å². The van der Waals surface area contributed by atoms with Crippen LogP contribution in [-0.4, -0.2) is 44.3 Å². The Morgan fingerprint density at radius 3 is 2.42 bits per heavy atom. The first kappa shape index (κ1) is 11.8. The number of hydrogen-bond donors (Lipinski definition) is 1. The summed E-state index contributed by atoms with van der Waals surface area (Å²) in [6, 6.07) is -0.000926. The molecule has 0 bridgehead atoms. The zero-order valence-electron chi connectivity index (χ0n) is 8.60. The predicted molar refractivity (Wildman–Crippen MR) is 51.2 cm³/mol. The maximum absolute atomic E-state index is 12.8. The van der Waals surface area contributed by atoms with E-state index in [1.807, 2.05) is 7.05 Å². The van der Waals surface area contributed by atoms with E-state index in [2.05, 4.69) is 24.2 Å². The van der Waals surface area contributed by atoms with Crippen LogP contribution in [0.2, 0.25) is 0 Å². The summed E-state index contributed by atoms with van der Waals surface area (Å²) in [4.78, 5) is 2.19. The van der Waals surface area contributed by atoms with Gasteiger partial charge in [-0.15, -0.1) is 0 Å². The molecule has 0 aliphatic heterocycles. The number of hydrogen-bond acceptors (Lipinski definition) is 2. The van der Waals surface area contributed by atoms with Gasteiger partial charge >= 0.3 is 0 Å². The van der Waals surface area contributed by atoms with Gasteiger partial charge in [-0.05, 0) is 40.5 Å². The summed E-state index contributed by atoms with van der Waals surface area (Å²) >= 11 is 0. The number of nitrogens with zero attached hydrogens (tertiary/aromatic N) is 1. The normalized spacial score (nSPS) is 16.5. The molecule has 0 spiro atoms. The van der Waals surface area contributed by atoms with Crippen LogP contribution in [0, 0.1) is 0 Å². The fourth-order valence-electron chi connectivity index (χ4n) is 1.12. The topological polar surface area (TPSA) is 15.3 Å². The van der Waals surface area contributed by atoms with Gasteiger partial charge < -0.3 is 10.2 Å². The van der Waals surface area contributed by atoms with Crippen molar-refractivity contribution in [1.29, 1.82) is 0 Å². The third kappa shape index (κ3) is 4.67. The molecule has 1 N–H and O–H groups in total. The molecule has 0 radical (unpaired) electrons. The molecule has 2 atom stereocenters. The Morgan fingerprint density at radius 2 is 2.08 bits per heavy atom. The Hall–Kier alpha value is -0.150. The Morgan fingerprint density at radius 1 is 1.50 bits per heavy atom. The fraction of sp³-hybridized carbons (Fsp3) is 1.00. The second-order valence-corrected chi connectivity index (χ2v) is 3.26. The molecule has 0 aromatic heterocycles. The van der Waals surface area contributed by atoms with E-state index in [9.17, 15) is 4.39 Å². The molecule has 0 fully saturated rings. The molecule has 0 heterocycles. The lowest BCUT2D eigenvalue weighted by Gasteiger charge is -2.21. The highest BCUT2D eigenvalue weighted by molar-refractivity contribution is 4.71. The van der Waals surface area contributed by atoms with Crippen molar-refractivity contribution in [1.82, 2.24) is 10.2 Å². The van der Waals surface area contributed by atoms with Gasteiger partial charge in [0, 0.05) is 6.04 Å². The van der Waals surface area contributed by atoms with E-state index in [0.717, 1.165) is 19.5 Å². The SMILES string of the molecule is CCN(C)CCC(NC)C(C)F. The highest BCUT2D eigenvalue weighted by Gasteiger charge is 2.13. The summed E-state index contributed by atoms with van der Waals surface area (Å²) in [6.45, 7) is 5.69. The summed E-state index contributed by atoms with van der Waals surface area (Å²) in [6.07, 6.45) is 0.110. The quantitative estimate of drug-likeness (QED) is 0.655. The standard InChI is InChI=1S/C9H21FN2/c1-5-12(4)7-6-9(11-3)8(2)10/h8-9,11H,5-7H2,1-4H3. The molecular formula is C9H21FN2. The van der Waals surface area contributed by atoms with Gasteiger partial charge in [0.1, 0.15) is 6.17 Å². The third-order valence-corrected chi connectivity index (χ3v) is 2.29. The van der Waals surface area contributed by atoms with Gasteiger partial charge in [-0.2, -0.15) is 0 Å². The highest BCUT2D eigenvalue weighted by Crippen LogP contribution is 2.02. The molecule has 0 aliphatic carbocycles. The van der Waals surface area contributed by atoms with Crippen LogP contribution in [0.5, 0.6) is 0 Å². The maximum Gasteiger partial charge on any atom is 0.113 e. The first-order valence-corrected chi connectivity index (χ1v) is 4.61. The number of halogens is 1. The first-order valence-electron chi connectivity index (χ1n) is 4.61. The third-order valence-electron chi connectivity index (χ3n) is 2.29. The first-order chi connectivity index (χ1) is 5.61. The number of alkyl halides is 1. The van der Waals surface area contributed by atoms with Gasteiger partial charge in [-0.25, -0.2) is 4.39 Å². The van der Waals surface area contributed by atoms with E-state index in [4.69, 9.17) is 0 Å². The van der Waals surface area contributed by atoms with Crippen molar-refractivity contribution in [3.63, 3.8) is 0 Å². The minimum absolute atomic E-state index is 0.000926. The summed E-state index contributed by atoms with van der Waals surface area (Å²) in [7, 11) is 3.86. The van der Waals surface area contributed by atoms with Gasteiger partial charge in [0.25, 0.3) is 0 Å². The second kappa shape index (κ2) is 6.38. The van der Waals surface area contributed by atoms with Crippen molar-refractivity contribution < 1.29 is 4.39 Å². The monoisotopic (exact) mass is 176 g/mol. The van der Waals surface area contributed by atoms with E-state index < -0.39 is 6.17 Å². The van der Waals surface area contributed by atoms with Crippen LogP contribution in [0.3, 0.4) is 0 Å². The van der Waals surface area contributed by atoms with E-state index >= 15 is 0 Å². The fourth-order valence-corrected chi connectivity index (χ4v) is 1.12. The van der Waals surface area contributed by atoms with Crippen molar-refractivity contribution in [3.05, 3.63) is 0 Å².